The van der Waals surface area contributed by atoms with Gasteiger partial charge in [0, 0.05) is 12.7 Å². The highest BCUT2D eigenvalue weighted by Crippen LogP contribution is 2.15. The summed E-state index contributed by atoms with van der Waals surface area (Å²) in [6.45, 7) is -0.810. The van der Waals surface area contributed by atoms with Crippen molar-refractivity contribution in [3.63, 3.8) is 0 Å². The molecular formula is C19H20N4O5S. The van der Waals surface area contributed by atoms with Crippen LogP contribution in [0, 0.1) is 11.3 Å². The van der Waals surface area contributed by atoms with E-state index in [9.17, 15) is 18.0 Å². The number of sulfonamides is 1. The second kappa shape index (κ2) is 9.68. The minimum Gasteiger partial charge on any atom is -0.497 e. The minimum atomic E-state index is -4.05. The number of rotatable bonds is 8. The molecule has 0 saturated heterocycles. The van der Waals surface area contributed by atoms with Crippen LogP contribution in [0.15, 0.2) is 53.4 Å². The molecule has 0 heterocycles. The van der Waals surface area contributed by atoms with Gasteiger partial charge in [0.05, 0.1) is 30.7 Å². The summed E-state index contributed by atoms with van der Waals surface area (Å²) in [5.41, 5.74) is 0.505. The largest absolute Gasteiger partial charge is 0.497 e. The van der Waals surface area contributed by atoms with Crippen molar-refractivity contribution < 1.29 is 22.7 Å². The van der Waals surface area contributed by atoms with Gasteiger partial charge in [0.2, 0.25) is 21.8 Å². The molecular weight excluding hydrogens is 396 g/mol. The van der Waals surface area contributed by atoms with Crippen molar-refractivity contribution in [2.24, 2.45) is 0 Å². The molecule has 2 aromatic rings. The summed E-state index contributed by atoms with van der Waals surface area (Å²) in [4.78, 5) is 25.1. The molecule has 2 N–H and O–H groups in total. The van der Waals surface area contributed by atoms with E-state index in [4.69, 9.17) is 10.00 Å². The SMILES string of the molecule is COc1ccc(NC(=O)CN(C)C(=O)CNS(=O)(=O)c2ccccc2C#N)cc1. The van der Waals surface area contributed by atoms with Crippen molar-refractivity contribution in [3.8, 4) is 11.8 Å². The van der Waals surface area contributed by atoms with Crippen molar-refractivity contribution in [2.45, 2.75) is 4.90 Å². The Bertz CT molecular complexity index is 1030. The first-order chi connectivity index (χ1) is 13.8. The number of likely N-dealkylation sites (N-methyl/N-ethyl adjacent to an activating group) is 1. The van der Waals surface area contributed by atoms with Crippen molar-refractivity contribution in [1.82, 2.24) is 9.62 Å². The van der Waals surface area contributed by atoms with E-state index in [1.54, 1.807) is 30.3 Å². The fourth-order valence-corrected chi connectivity index (χ4v) is 3.47. The monoisotopic (exact) mass is 416 g/mol. The number of hydrogen-bond donors (Lipinski definition) is 2. The van der Waals surface area contributed by atoms with Gasteiger partial charge in [-0.2, -0.15) is 5.26 Å². The zero-order chi connectivity index (χ0) is 21.4. The minimum absolute atomic E-state index is 0.0281. The van der Waals surface area contributed by atoms with Gasteiger partial charge in [0.15, 0.2) is 0 Å². The fraction of sp³-hybridized carbons (Fsp3) is 0.211. The maximum Gasteiger partial charge on any atom is 0.243 e. The van der Waals surface area contributed by atoms with Crippen molar-refractivity contribution in [2.75, 3.05) is 32.6 Å². The molecule has 9 nitrogen and oxygen atoms in total. The lowest BCUT2D eigenvalue weighted by molar-refractivity contribution is -0.132. The summed E-state index contributed by atoms with van der Waals surface area (Å²) in [6, 6.07) is 14.1. The topological polar surface area (TPSA) is 129 Å². The standard InChI is InChI=1S/C19H20N4O5S/c1-23(13-18(24)22-15-7-9-16(28-2)10-8-15)19(25)12-21-29(26,27)17-6-4-3-5-14(17)11-20/h3-10,21H,12-13H2,1-2H3,(H,22,24). The van der Waals surface area contributed by atoms with E-state index in [1.807, 2.05) is 0 Å². The van der Waals surface area contributed by atoms with Gasteiger partial charge in [0.25, 0.3) is 0 Å². The predicted molar refractivity (Wildman–Crippen MR) is 106 cm³/mol. The molecule has 29 heavy (non-hydrogen) atoms. The van der Waals surface area contributed by atoms with Crippen LogP contribution >= 0.6 is 0 Å². The Morgan fingerprint density at radius 1 is 1.14 bits per heavy atom. The highest BCUT2D eigenvalue weighted by atomic mass is 32.2. The lowest BCUT2D eigenvalue weighted by Crippen LogP contribution is -2.41. The zero-order valence-corrected chi connectivity index (χ0v) is 16.7. The maximum absolute atomic E-state index is 12.3. The number of benzene rings is 2. The number of nitrogens with one attached hydrogen (secondary N) is 2. The number of hydrogen-bond acceptors (Lipinski definition) is 6. The van der Waals surface area contributed by atoms with Crippen molar-refractivity contribution in [3.05, 3.63) is 54.1 Å². The van der Waals surface area contributed by atoms with Gasteiger partial charge in [-0.05, 0) is 36.4 Å². The third kappa shape index (κ3) is 6.03. The van der Waals surface area contributed by atoms with Gasteiger partial charge in [-0.15, -0.1) is 0 Å². The first-order valence-electron chi connectivity index (χ1n) is 8.43. The third-order valence-electron chi connectivity index (χ3n) is 3.89. The Morgan fingerprint density at radius 2 is 1.79 bits per heavy atom. The van der Waals surface area contributed by atoms with Crippen LogP contribution in [0.1, 0.15) is 5.56 Å². The van der Waals surface area contributed by atoms with Crippen LogP contribution in [0.3, 0.4) is 0 Å². The molecule has 2 aromatic carbocycles. The average Bonchev–Trinajstić information content (AvgIpc) is 2.72. The molecule has 10 heteroatoms. The van der Waals surface area contributed by atoms with E-state index in [1.165, 1.54) is 38.4 Å². The summed E-state index contributed by atoms with van der Waals surface area (Å²) in [5, 5.41) is 11.7. The lowest BCUT2D eigenvalue weighted by atomic mass is 10.2. The zero-order valence-electron chi connectivity index (χ0n) is 15.9. The van der Waals surface area contributed by atoms with E-state index >= 15 is 0 Å². The van der Waals surface area contributed by atoms with Crippen LogP contribution in [0.4, 0.5) is 5.69 Å². The third-order valence-corrected chi connectivity index (χ3v) is 5.35. The molecule has 2 rings (SSSR count). The number of methoxy groups -OCH3 is 1. The van der Waals surface area contributed by atoms with Crippen LogP contribution in [-0.4, -0.2) is 52.4 Å². The van der Waals surface area contributed by atoms with E-state index in [0.29, 0.717) is 11.4 Å². The van der Waals surface area contributed by atoms with Gasteiger partial charge in [-0.3, -0.25) is 9.59 Å². The Kier molecular flexibility index (Phi) is 7.30. The molecule has 0 aliphatic heterocycles. The molecule has 0 saturated carbocycles. The number of carbonyl (C=O) groups excluding carboxylic acids is 2. The molecule has 0 fully saturated rings. The van der Waals surface area contributed by atoms with E-state index < -0.39 is 28.4 Å². The Morgan fingerprint density at radius 3 is 2.41 bits per heavy atom. The molecule has 152 valence electrons. The predicted octanol–water partition coefficient (Wildman–Crippen LogP) is 0.942. The van der Waals surface area contributed by atoms with Gasteiger partial charge in [-0.25, -0.2) is 13.1 Å². The van der Waals surface area contributed by atoms with Crippen LogP contribution in [0.25, 0.3) is 0 Å². The second-order valence-electron chi connectivity index (χ2n) is 5.96. The van der Waals surface area contributed by atoms with Gasteiger partial charge >= 0.3 is 0 Å². The van der Waals surface area contributed by atoms with Crippen molar-refractivity contribution >= 4 is 27.5 Å². The highest BCUT2D eigenvalue weighted by molar-refractivity contribution is 7.89. The van der Waals surface area contributed by atoms with Crippen LogP contribution in [-0.2, 0) is 19.6 Å². The van der Waals surface area contributed by atoms with Crippen LogP contribution < -0.4 is 14.8 Å². The molecule has 0 aliphatic carbocycles. The molecule has 0 unspecified atom stereocenters. The second-order valence-corrected chi connectivity index (χ2v) is 7.69. The molecule has 2 amide bonds. The first-order valence-corrected chi connectivity index (χ1v) is 9.92. The van der Waals surface area contributed by atoms with E-state index in [-0.39, 0.29) is 17.0 Å². The van der Waals surface area contributed by atoms with E-state index in [0.717, 1.165) is 4.90 Å². The number of nitriles is 1. The molecule has 0 aromatic heterocycles. The number of anilines is 1. The molecule has 0 radical (unpaired) electrons. The quantitative estimate of drug-likeness (QED) is 0.659. The summed E-state index contributed by atoms with van der Waals surface area (Å²) < 4.78 is 31.8. The Hall–Kier alpha value is -3.42. The molecule has 0 bridgehead atoms. The summed E-state index contributed by atoms with van der Waals surface area (Å²) in [7, 11) is -1.14. The van der Waals surface area contributed by atoms with Gasteiger partial charge < -0.3 is 15.0 Å². The van der Waals surface area contributed by atoms with Crippen molar-refractivity contribution in [1.29, 1.82) is 5.26 Å². The summed E-state index contributed by atoms with van der Waals surface area (Å²) >= 11 is 0. The van der Waals surface area contributed by atoms with Crippen LogP contribution in [0.5, 0.6) is 5.75 Å². The first kappa shape index (κ1) is 21.9. The smallest absolute Gasteiger partial charge is 0.243 e. The van der Waals surface area contributed by atoms with Crippen LogP contribution in [0.2, 0.25) is 0 Å². The van der Waals surface area contributed by atoms with E-state index in [2.05, 4.69) is 10.0 Å². The number of nitrogens with zero attached hydrogens (tertiary/aromatic N) is 2. The maximum atomic E-state index is 12.3. The number of ether oxygens (including phenoxy) is 1. The lowest BCUT2D eigenvalue weighted by Gasteiger charge is -2.17. The molecule has 0 aliphatic rings. The Labute approximate surface area is 168 Å². The van der Waals surface area contributed by atoms with Gasteiger partial charge in [0.1, 0.15) is 11.8 Å². The fourth-order valence-electron chi connectivity index (χ4n) is 2.34. The Balaban J connectivity index is 1.91. The average molecular weight is 416 g/mol. The van der Waals surface area contributed by atoms with Gasteiger partial charge in [-0.1, -0.05) is 12.1 Å². The summed E-state index contributed by atoms with van der Waals surface area (Å²) in [5.74, 6) is -0.405. The summed E-state index contributed by atoms with van der Waals surface area (Å²) in [6.07, 6.45) is 0. The molecule has 0 atom stereocenters. The number of amides is 2. The number of carbonyl (C=O) groups is 2. The normalized spacial score (nSPS) is 10.7. The molecule has 0 spiro atoms. The highest BCUT2D eigenvalue weighted by Gasteiger charge is 2.21.